The van der Waals surface area contributed by atoms with Crippen molar-refractivity contribution in [3.05, 3.63) is 22.7 Å². The summed E-state index contributed by atoms with van der Waals surface area (Å²) in [6, 6.07) is 4.72. The van der Waals surface area contributed by atoms with Crippen LogP contribution in [0.2, 0.25) is 5.02 Å². The summed E-state index contributed by atoms with van der Waals surface area (Å²) < 4.78 is 5.35. The van der Waals surface area contributed by atoms with Crippen molar-refractivity contribution in [2.24, 2.45) is 0 Å². The maximum atomic E-state index is 6.51. The molecule has 1 fully saturated rings. The first-order valence-corrected chi connectivity index (χ1v) is 7.02. The predicted molar refractivity (Wildman–Crippen MR) is 74.9 cm³/mol. The molecule has 2 aliphatic rings. The Bertz CT molecular complexity index is 450. The summed E-state index contributed by atoms with van der Waals surface area (Å²) in [7, 11) is 1.68. The van der Waals surface area contributed by atoms with Gasteiger partial charge in [0, 0.05) is 19.1 Å². The number of halogens is 1. The van der Waals surface area contributed by atoms with Crippen molar-refractivity contribution in [3.63, 3.8) is 0 Å². The van der Waals surface area contributed by atoms with Gasteiger partial charge in [0.25, 0.3) is 0 Å². The van der Waals surface area contributed by atoms with Gasteiger partial charge < -0.3 is 15.0 Å². The molecule has 18 heavy (non-hydrogen) atoms. The molecule has 0 radical (unpaired) electrons. The number of nitrogens with zero attached hydrogens (tertiary/aromatic N) is 1. The van der Waals surface area contributed by atoms with E-state index in [0.717, 1.165) is 36.8 Å². The summed E-state index contributed by atoms with van der Waals surface area (Å²) in [4.78, 5) is 2.48. The van der Waals surface area contributed by atoms with Gasteiger partial charge in [0.05, 0.1) is 12.8 Å². The smallest absolute Gasteiger partial charge is 0.139 e. The van der Waals surface area contributed by atoms with Gasteiger partial charge in [-0.3, -0.25) is 0 Å². The molecule has 0 saturated carbocycles. The van der Waals surface area contributed by atoms with Gasteiger partial charge in [0.1, 0.15) is 10.8 Å². The number of ether oxygens (including phenoxy) is 1. The van der Waals surface area contributed by atoms with Crippen LogP contribution in [-0.2, 0) is 6.42 Å². The van der Waals surface area contributed by atoms with Crippen molar-refractivity contribution in [2.75, 3.05) is 31.6 Å². The molecule has 98 valence electrons. The lowest BCUT2D eigenvalue weighted by atomic mass is 9.95. The van der Waals surface area contributed by atoms with E-state index >= 15 is 0 Å². The van der Waals surface area contributed by atoms with Crippen LogP contribution >= 0.6 is 11.6 Å². The van der Waals surface area contributed by atoms with E-state index in [4.69, 9.17) is 16.3 Å². The molecule has 0 bridgehead atoms. The van der Waals surface area contributed by atoms with Crippen LogP contribution in [0.4, 0.5) is 5.69 Å². The number of hydrogen-bond donors (Lipinski definition) is 1. The Kier molecular flexibility index (Phi) is 3.35. The number of nitrogens with one attached hydrogen (secondary N) is 1. The Balaban J connectivity index is 2.05. The molecule has 1 N–H and O–H groups in total. The fraction of sp³-hybridized carbons (Fsp3) is 0.571. The number of methoxy groups -OCH3 is 1. The zero-order chi connectivity index (χ0) is 12.5. The van der Waals surface area contributed by atoms with Gasteiger partial charge in [-0.1, -0.05) is 17.7 Å². The molecule has 2 aliphatic heterocycles. The Hall–Kier alpha value is -0.930. The molecule has 4 heteroatoms. The second-order valence-corrected chi connectivity index (χ2v) is 5.41. The van der Waals surface area contributed by atoms with Crippen LogP contribution in [0, 0.1) is 0 Å². The number of aryl methyl sites for hydroxylation is 1. The van der Waals surface area contributed by atoms with E-state index in [-0.39, 0.29) is 0 Å². The Morgan fingerprint density at radius 2 is 2.33 bits per heavy atom. The van der Waals surface area contributed by atoms with Crippen LogP contribution in [0.25, 0.3) is 0 Å². The second-order valence-electron chi connectivity index (χ2n) is 5.03. The average Bonchev–Trinajstić information content (AvgIpc) is 2.64. The molecule has 1 atom stereocenters. The summed E-state index contributed by atoms with van der Waals surface area (Å²) >= 11 is 6.51. The van der Waals surface area contributed by atoms with Crippen LogP contribution in [0.5, 0.6) is 5.75 Å². The quantitative estimate of drug-likeness (QED) is 0.845. The normalized spacial score (nSPS) is 23.0. The number of rotatable bonds is 1. The molecule has 0 aliphatic carbocycles. The van der Waals surface area contributed by atoms with Gasteiger partial charge in [0.2, 0.25) is 0 Å². The molecule has 1 aromatic rings. The lowest BCUT2D eigenvalue weighted by Gasteiger charge is -2.38. The number of benzene rings is 1. The maximum absolute atomic E-state index is 6.51. The van der Waals surface area contributed by atoms with Crippen molar-refractivity contribution >= 4 is 17.3 Å². The first kappa shape index (κ1) is 12.1. The van der Waals surface area contributed by atoms with Crippen LogP contribution in [0.1, 0.15) is 18.4 Å². The van der Waals surface area contributed by atoms with E-state index in [2.05, 4.69) is 16.3 Å². The molecule has 0 spiro atoms. The minimum Gasteiger partial charge on any atom is -0.495 e. The average molecular weight is 267 g/mol. The van der Waals surface area contributed by atoms with Crippen molar-refractivity contribution in [1.29, 1.82) is 0 Å². The highest BCUT2D eigenvalue weighted by Gasteiger charge is 2.30. The summed E-state index contributed by atoms with van der Waals surface area (Å²) in [5.41, 5.74) is 2.56. The highest BCUT2D eigenvalue weighted by molar-refractivity contribution is 6.35. The zero-order valence-electron chi connectivity index (χ0n) is 10.7. The SMILES string of the molecule is COc1ccc2c(c1Cl)N1CCCNC[C@H]1CC2. The van der Waals surface area contributed by atoms with Crippen LogP contribution < -0.4 is 15.0 Å². The Labute approximate surface area is 113 Å². The van der Waals surface area contributed by atoms with Crippen LogP contribution in [0.3, 0.4) is 0 Å². The van der Waals surface area contributed by atoms with Crippen molar-refractivity contribution < 1.29 is 4.74 Å². The van der Waals surface area contributed by atoms with Gasteiger partial charge in [-0.2, -0.15) is 0 Å². The third-order valence-corrected chi connectivity index (χ3v) is 4.36. The number of fused-ring (bicyclic) bond motifs is 3. The van der Waals surface area contributed by atoms with Crippen molar-refractivity contribution in [3.8, 4) is 5.75 Å². The summed E-state index contributed by atoms with van der Waals surface area (Å²) in [5, 5.41) is 4.29. The molecule has 3 nitrogen and oxygen atoms in total. The van der Waals surface area contributed by atoms with E-state index in [1.165, 1.54) is 24.1 Å². The molecule has 0 amide bonds. The molecule has 1 saturated heterocycles. The summed E-state index contributed by atoms with van der Waals surface area (Å²) in [6.07, 6.45) is 3.49. The van der Waals surface area contributed by atoms with E-state index in [9.17, 15) is 0 Å². The molecular formula is C14H19ClN2O. The van der Waals surface area contributed by atoms with E-state index in [1.54, 1.807) is 7.11 Å². The third-order valence-electron chi connectivity index (χ3n) is 3.99. The highest BCUT2D eigenvalue weighted by Crippen LogP contribution is 2.42. The molecular weight excluding hydrogens is 248 g/mol. The van der Waals surface area contributed by atoms with Crippen LogP contribution in [-0.4, -0.2) is 32.8 Å². The largest absolute Gasteiger partial charge is 0.495 e. The highest BCUT2D eigenvalue weighted by atomic mass is 35.5. The molecule has 3 rings (SSSR count). The first-order chi connectivity index (χ1) is 8.81. The minimum atomic E-state index is 0.574. The zero-order valence-corrected chi connectivity index (χ0v) is 11.5. The van der Waals surface area contributed by atoms with Gasteiger partial charge in [-0.15, -0.1) is 0 Å². The maximum Gasteiger partial charge on any atom is 0.139 e. The van der Waals surface area contributed by atoms with E-state index < -0.39 is 0 Å². The molecule has 2 heterocycles. The fourth-order valence-corrected chi connectivity index (χ4v) is 3.44. The standard InChI is InChI=1S/C14H19ClN2O/c1-18-12-6-4-10-3-5-11-9-16-7-2-8-17(11)14(10)13(12)15/h4,6,11,16H,2-3,5,7-9H2,1H3/t11-/m1/s1. The van der Waals surface area contributed by atoms with E-state index in [1.807, 2.05) is 6.07 Å². The van der Waals surface area contributed by atoms with Crippen LogP contribution in [0.15, 0.2) is 12.1 Å². The molecule has 1 aromatic carbocycles. The lowest BCUT2D eigenvalue weighted by Crippen LogP contribution is -2.43. The van der Waals surface area contributed by atoms with Gasteiger partial charge in [-0.25, -0.2) is 0 Å². The summed E-state index contributed by atoms with van der Waals surface area (Å²) in [6.45, 7) is 3.24. The lowest BCUT2D eigenvalue weighted by molar-refractivity contribution is 0.414. The molecule has 0 unspecified atom stereocenters. The topological polar surface area (TPSA) is 24.5 Å². The predicted octanol–water partition coefficient (Wildman–Crippen LogP) is 2.46. The first-order valence-electron chi connectivity index (χ1n) is 6.64. The minimum absolute atomic E-state index is 0.574. The Morgan fingerprint density at radius 3 is 3.17 bits per heavy atom. The third kappa shape index (κ3) is 1.95. The second kappa shape index (κ2) is 4.98. The number of hydrogen-bond acceptors (Lipinski definition) is 3. The van der Waals surface area contributed by atoms with Gasteiger partial charge in [-0.05, 0) is 37.4 Å². The molecule has 0 aromatic heterocycles. The van der Waals surface area contributed by atoms with Crippen molar-refractivity contribution in [1.82, 2.24) is 5.32 Å². The summed E-state index contributed by atoms with van der Waals surface area (Å²) in [5.74, 6) is 0.785. The monoisotopic (exact) mass is 266 g/mol. The Morgan fingerprint density at radius 1 is 1.44 bits per heavy atom. The fourth-order valence-electron chi connectivity index (χ4n) is 3.07. The number of anilines is 1. The van der Waals surface area contributed by atoms with Crippen molar-refractivity contribution in [2.45, 2.75) is 25.3 Å². The van der Waals surface area contributed by atoms with E-state index in [0.29, 0.717) is 6.04 Å². The van der Waals surface area contributed by atoms with Gasteiger partial charge in [0.15, 0.2) is 0 Å². The van der Waals surface area contributed by atoms with Gasteiger partial charge >= 0.3 is 0 Å².